The van der Waals surface area contributed by atoms with Gasteiger partial charge in [-0.15, -0.1) is 0 Å². The molecule has 21 heavy (non-hydrogen) atoms. The fourth-order valence-electron chi connectivity index (χ4n) is 1.82. The Morgan fingerprint density at radius 1 is 1.24 bits per heavy atom. The molecule has 0 saturated carbocycles. The Balaban J connectivity index is 2.24. The van der Waals surface area contributed by atoms with E-state index in [9.17, 15) is 10.1 Å². The minimum absolute atomic E-state index is 0.0587. The Morgan fingerprint density at radius 2 is 2.00 bits per heavy atom. The number of carbonyl (C=O) groups is 1. The summed E-state index contributed by atoms with van der Waals surface area (Å²) in [5, 5.41) is 11.9. The van der Waals surface area contributed by atoms with Gasteiger partial charge in [-0.25, -0.2) is 0 Å². The lowest BCUT2D eigenvalue weighted by molar-refractivity contribution is -0.112. The maximum Gasteiger partial charge on any atom is 0.266 e. The van der Waals surface area contributed by atoms with Crippen molar-refractivity contribution in [3.63, 3.8) is 0 Å². The van der Waals surface area contributed by atoms with Gasteiger partial charge in [-0.3, -0.25) is 4.79 Å². The zero-order valence-electron chi connectivity index (χ0n) is 11.4. The van der Waals surface area contributed by atoms with Gasteiger partial charge in [-0.1, -0.05) is 46.3 Å². The van der Waals surface area contributed by atoms with Crippen LogP contribution in [0.5, 0.6) is 0 Å². The minimum Gasteiger partial charge on any atom is -0.321 e. The highest BCUT2D eigenvalue weighted by molar-refractivity contribution is 9.10. The molecule has 0 saturated heterocycles. The van der Waals surface area contributed by atoms with E-state index in [0.717, 1.165) is 15.6 Å². The molecule has 1 amide bonds. The van der Waals surface area contributed by atoms with E-state index < -0.39 is 5.91 Å². The van der Waals surface area contributed by atoms with Gasteiger partial charge in [0.25, 0.3) is 5.91 Å². The molecule has 0 bridgehead atoms. The van der Waals surface area contributed by atoms with E-state index >= 15 is 0 Å². The van der Waals surface area contributed by atoms with Gasteiger partial charge < -0.3 is 5.32 Å². The molecule has 2 aromatic carbocycles. The van der Waals surface area contributed by atoms with Crippen LogP contribution >= 0.6 is 15.9 Å². The molecule has 0 aromatic heterocycles. The number of aryl methyl sites for hydroxylation is 1. The molecule has 104 valence electrons. The molecule has 1 N–H and O–H groups in total. The maximum absolute atomic E-state index is 12.2. The summed E-state index contributed by atoms with van der Waals surface area (Å²) >= 11 is 3.39. The van der Waals surface area contributed by atoms with Crippen molar-refractivity contribution in [2.24, 2.45) is 0 Å². The molecule has 0 spiro atoms. The Morgan fingerprint density at radius 3 is 2.67 bits per heavy atom. The molecule has 0 atom stereocenters. The molecule has 0 aliphatic rings. The summed E-state index contributed by atoms with van der Waals surface area (Å²) in [5.41, 5.74) is 2.56. The summed E-state index contributed by atoms with van der Waals surface area (Å²) in [4.78, 5) is 12.2. The highest BCUT2D eigenvalue weighted by atomic mass is 79.9. The van der Waals surface area contributed by atoms with Crippen LogP contribution in [0.25, 0.3) is 6.08 Å². The van der Waals surface area contributed by atoms with E-state index in [4.69, 9.17) is 0 Å². The van der Waals surface area contributed by atoms with Gasteiger partial charge in [0.05, 0.1) is 0 Å². The predicted molar refractivity (Wildman–Crippen MR) is 87.5 cm³/mol. The summed E-state index contributed by atoms with van der Waals surface area (Å²) in [6.45, 7) is 1.94. The second-order valence-corrected chi connectivity index (χ2v) is 5.37. The quantitative estimate of drug-likeness (QED) is 0.668. The molecule has 2 rings (SSSR count). The lowest BCUT2D eigenvalue weighted by Crippen LogP contribution is -2.13. The molecule has 0 aliphatic carbocycles. The fourth-order valence-corrected chi connectivity index (χ4v) is 2.22. The van der Waals surface area contributed by atoms with Crippen molar-refractivity contribution < 1.29 is 4.79 Å². The van der Waals surface area contributed by atoms with Crippen LogP contribution in [0.3, 0.4) is 0 Å². The van der Waals surface area contributed by atoms with E-state index in [1.165, 1.54) is 0 Å². The number of benzene rings is 2. The molecule has 0 aliphatic heterocycles. The van der Waals surface area contributed by atoms with E-state index in [-0.39, 0.29) is 5.57 Å². The number of hydrogen-bond acceptors (Lipinski definition) is 2. The van der Waals surface area contributed by atoms with Crippen molar-refractivity contribution in [1.29, 1.82) is 5.26 Å². The van der Waals surface area contributed by atoms with Crippen LogP contribution in [-0.2, 0) is 4.79 Å². The zero-order valence-corrected chi connectivity index (χ0v) is 13.0. The molecule has 0 unspecified atom stereocenters. The van der Waals surface area contributed by atoms with Crippen molar-refractivity contribution in [1.82, 2.24) is 0 Å². The predicted octanol–water partition coefficient (Wildman–Crippen LogP) is 4.30. The van der Waals surface area contributed by atoms with Crippen molar-refractivity contribution in [3.05, 3.63) is 69.7 Å². The molecular weight excluding hydrogens is 328 g/mol. The molecule has 0 fully saturated rings. The van der Waals surface area contributed by atoms with Gasteiger partial charge in [0.1, 0.15) is 11.6 Å². The van der Waals surface area contributed by atoms with Crippen molar-refractivity contribution in [3.8, 4) is 6.07 Å². The van der Waals surface area contributed by atoms with Crippen molar-refractivity contribution in [2.45, 2.75) is 6.92 Å². The van der Waals surface area contributed by atoms with Gasteiger partial charge in [-0.2, -0.15) is 5.26 Å². The van der Waals surface area contributed by atoms with E-state index in [1.54, 1.807) is 12.1 Å². The first-order chi connectivity index (χ1) is 10.1. The zero-order chi connectivity index (χ0) is 15.2. The maximum atomic E-state index is 12.2. The van der Waals surface area contributed by atoms with E-state index in [2.05, 4.69) is 21.2 Å². The second kappa shape index (κ2) is 6.87. The largest absolute Gasteiger partial charge is 0.321 e. The summed E-state index contributed by atoms with van der Waals surface area (Å²) < 4.78 is 0.834. The molecular formula is C17H13BrN2O. The minimum atomic E-state index is -0.418. The summed E-state index contributed by atoms with van der Waals surface area (Å²) in [7, 11) is 0. The average molecular weight is 341 g/mol. The SMILES string of the molecule is Cc1cccc(NC(=O)/C(C#N)=C\c2ccccc2Br)c1. The number of nitrogens with zero attached hydrogens (tertiary/aromatic N) is 1. The highest BCUT2D eigenvalue weighted by Gasteiger charge is 2.10. The lowest BCUT2D eigenvalue weighted by atomic mass is 10.1. The normalized spacial score (nSPS) is 10.8. The second-order valence-electron chi connectivity index (χ2n) is 4.51. The number of rotatable bonds is 3. The van der Waals surface area contributed by atoms with Gasteiger partial charge >= 0.3 is 0 Å². The standard InChI is InChI=1S/C17H13BrN2O/c1-12-5-4-7-15(9-12)20-17(21)14(11-19)10-13-6-2-3-8-16(13)18/h2-10H,1H3,(H,20,21)/b14-10-. The molecule has 3 nitrogen and oxygen atoms in total. The Bertz CT molecular complexity index is 744. The van der Waals surface area contributed by atoms with Crippen molar-refractivity contribution >= 4 is 33.6 Å². The summed E-state index contributed by atoms with van der Waals surface area (Å²) in [5.74, 6) is -0.418. The average Bonchev–Trinajstić information content (AvgIpc) is 2.46. The monoisotopic (exact) mass is 340 g/mol. The number of nitriles is 1. The van der Waals surface area contributed by atoms with E-state index in [1.807, 2.05) is 55.5 Å². The smallest absolute Gasteiger partial charge is 0.266 e. The topological polar surface area (TPSA) is 52.9 Å². The Labute approximate surface area is 132 Å². The van der Waals surface area contributed by atoms with Gasteiger partial charge in [-0.05, 0) is 42.3 Å². The Hall–Kier alpha value is -2.38. The first-order valence-electron chi connectivity index (χ1n) is 6.34. The number of halogens is 1. The Kier molecular flexibility index (Phi) is 4.91. The van der Waals surface area contributed by atoms with Crippen LogP contribution in [0.1, 0.15) is 11.1 Å². The number of anilines is 1. The summed E-state index contributed by atoms with van der Waals surface area (Å²) in [6, 6.07) is 16.8. The van der Waals surface area contributed by atoms with E-state index in [0.29, 0.717) is 5.69 Å². The van der Waals surface area contributed by atoms with Crippen LogP contribution in [0, 0.1) is 18.3 Å². The third-order valence-corrected chi connectivity index (χ3v) is 3.57. The van der Waals surface area contributed by atoms with Crippen LogP contribution < -0.4 is 5.32 Å². The summed E-state index contributed by atoms with van der Waals surface area (Å²) in [6.07, 6.45) is 1.56. The highest BCUT2D eigenvalue weighted by Crippen LogP contribution is 2.19. The number of hydrogen-bond donors (Lipinski definition) is 1. The van der Waals surface area contributed by atoms with Crippen LogP contribution in [-0.4, -0.2) is 5.91 Å². The molecule has 2 aromatic rings. The lowest BCUT2D eigenvalue weighted by Gasteiger charge is -2.05. The van der Waals surface area contributed by atoms with Gasteiger partial charge in [0.2, 0.25) is 0 Å². The third kappa shape index (κ3) is 4.04. The fraction of sp³-hybridized carbons (Fsp3) is 0.0588. The molecule has 4 heteroatoms. The molecule has 0 heterocycles. The first kappa shape index (κ1) is 15.0. The van der Waals surface area contributed by atoms with Crippen LogP contribution in [0.4, 0.5) is 5.69 Å². The van der Waals surface area contributed by atoms with Crippen LogP contribution in [0.2, 0.25) is 0 Å². The van der Waals surface area contributed by atoms with Crippen molar-refractivity contribution in [2.75, 3.05) is 5.32 Å². The first-order valence-corrected chi connectivity index (χ1v) is 7.14. The molecule has 0 radical (unpaired) electrons. The van der Waals surface area contributed by atoms with Gasteiger partial charge in [0.15, 0.2) is 0 Å². The number of nitrogens with one attached hydrogen (secondary N) is 1. The number of amides is 1. The number of carbonyl (C=O) groups excluding carboxylic acids is 1. The third-order valence-electron chi connectivity index (χ3n) is 2.85. The van der Waals surface area contributed by atoms with Gasteiger partial charge in [0, 0.05) is 10.2 Å². The van der Waals surface area contributed by atoms with Crippen LogP contribution in [0.15, 0.2) is 58.6 Å².